The van der Waals surface area contributed by atoms with Gasteiger partial charge in [0.25, 0.3) is 0 Å². The molecule has 6 heteroatoms. The molecule has 0 bridgehead atoms. The molecule has 0 aliphatic carbocycles. The lowest BCUT2D eigenvalue weighted by atomic mass is 10.2. The molecule has 90 valence electrons. The van der Waals surface area contributed by atoms with Crippen LogP contribution in [0.15, 0.2) is 18.5 Å². The molecule has 0 saturated carbocycles. The van der Waals surface area contributed by atoms with E-state index in [1.54, 1.807) is 22.5 Å². The van der Waals surface area contributed by atoms with Crippen molar-refractivity contribution in [3.05, 3.63) is 35.4 Å². The number of aryl methyl sites for hydroxylation is 3. The fraction of sp³-hybridized carbons (Fsp3) is 0.364. The summed E-state index contributed by atoms with van der Waals surface area (Å²) in [6.45, 7) is 2.42. The van der Waals surface area contributed by atoms with E-state index >= 15 is 0 Å². The molecule has 2 aromatic rings. The Hall–Kier alpha value is -2.11. The minimum atomic E-state index is -0.936. The summed E-state index contributed by atoms with van der Waals surface area (Å²) in [5.74, 6) is -0.936. The largest absolute Gasteiger partial charge is 0.478 e. The molecular formula is C11H14N4O2. The van der Waals surface area contributed by atoms with Crippen molar-refractivity contribution in [2.24, 2.45) is 7.05 Å². The second kappa shape index (κ2) is 4.40. The van der Waals surface area contributed by atoms with Gasteiger partial charge in [-0.3, -0.25) is 9.36 Å². The predicted molar refractivity (Wildman–Crippen MR) is 60.8 cm³/mol. The Kier molecular flexibility index (Phi) is 2.95. The number of hydrogen-bond acceptors (Lipinski definition) is 3. The fourth-order valence-corrected chi connectivity index (χ4v) is 1.75. The van der Waals surface area contributed by atoms with E-state index in [1.807, 2.05) is 13.1 Å². The lowest BCUT2D eigenvalue weighted by molar-refractivity contribution is 0.0696. The molecule has 0 atom stereocenters. The molecule has 0 radical (unpaired) electrons. The first-order chi connectivity index (χ1) is 8.09. The highest BCUT2D eigenvalue weighted by Crippen LogP contribution is 2.08. The number of aromatic carboxylic acids is 1. The van der Waals surface area contributed by atoms with Gasteiger partial charge in [-0.25, -0.2) is 4.79 Å². The van der Waals surface area contributed by atoms with Crippen molar-refractivity contribution in [1.29, 1.82) is 0 Å². The topological polar surface area (TPSA) is 72.9 Å². The van der Waals surface area contributed by atoms with Crippen LogP contribution in [0.1, 0.15) is 21.7 Å². The molecule has 2 rings (SSSR count). The second-order valence-electron chi connectivity index (χ2n) is 3.87. The zero-order valence-electron chi connectivity index (χ0n) is 9.79. The quantitative estimate of drug-likeness (QED) is 0.851. The molecular weight excluding hydrogens is 220 g/mol. The second-order valence-corrected chi connectivity index (χ2v) is 3.87. The summed E-state index contributed by atoms with van der Waals surface area (Å²) < 4.78 is 3.51. The van der Waals surface area contributed by atoms with Gasteiger partial charge in [0, 0.05) is 37.6 Å². The zero-order chi connectivity index (χ0) is 12.4. The van der Waals surface area contributed by atoms with Gasteiger partial charge in [0.1, 0.15) is 5.56 Å². The Morgan fingerprint density at radius 2 is 2.24 bits per heavy atom. The molecule has 0 aromatic carbocycles. The minimum absolute atomic E-state index is 0.259. The summed E-state index contributed by atoms with van der Waals surface area (Å²) in [5.41, 5.74) is 2.03. The number of carbonyl (C=O) groups is 1. The number of carboxylic acid groups (broad SMARTS) is 1. The van der Waals surface area contributed by atoms with Crippen molar-refractivity contribution < 1.29 is 9.90 Å². The van der Waals surface area contributed by atoms with E-state index in [4.69, 9.17) is 5.11 Å². The van der Waals surface area contributed by atoms with Crippen LogP contribution >= 0.6 is 0 Å². The predicted octanol–water partition coefficient (Wildman–Crippen LogP) is 0.866. The monoisotopic (exact) mass is 234 g/mol. The van der Waals surface area contributed by atoms with Crippen LogP contribution in [0.3, 0.4) is 0 Å². The SMILES string of the molecule is Cc1c(C(=O)O)cnn1CCc1ccnn1C. The van der Waals surface area contributed by atoms with Gasteiger partial charge in [-0.2, -0.15) is 10.2 Å². The number of aromatic nitrogens is 4. The molecule has 0 unspecified atom stereocenters. The highest BCUT2D eigenvalue weighted by atomic mass is 16.4. The van der Waals surface area contributed by atoms with E-state index < -0.39 is 5.97 Å². The summed E-state index contributed by atoms with van der Waals surface area (Å²) in [4.78, 5) is 10.9. The lowest BCUT2D eigenvalue weighted by Gasteiger charge is -2.05. The van der Waals surface area contributed by atoms with Gasteiger partial charge < -0.3 is 5.11 Å². The maximum atomic E-state index is 10.9. The van der Waals surface area contributed by atoms with Crippen LogP contribution in [0.25, 0.3) is 0 Å². The van der Waals surface area contributed by atoms with Gasteiger partial charge in [0.05, 0.1) is 6.20 Å². The first-order valence-corrected chi connectivity index (χ1v) is 5.32. The van der Waals surface area contributed by atoms with Crippen LogP contribution in [0.5, 0.6) is 0 Å². The molecule has 0 saturated heterocycles. The van der Waals surface area contributed by atoms with E-state index in [-0.39, 0.29) is 5.56 Å². The minimum Gasteiger partial charge on any atom is -0.478 e. The van der Waals surface area contributed by atoms with E-state index in [2.05, 4.69) is 10.2 Å². The molecule has 17 heavy (non-hydrogen) atoms. The Bertz CT molecular complexity index is 541. The van der Waals surface area contributed by atoms with E-state index in [9.17, 15) is 4.79 Å². The molecule has 1 N–H and O–H groups in total. The molecule has 2 heterocycles. The standard InChI is InChI=1S/C11H14N4O2/c1-8-10(11(16)17)7-13-15(8)6-4-9-3-5-12-14(9)2/h3,5,7H,4,6H2,1-2H3,(H,16,17). The zero-order valence-corrected chi connectivity index (χ0v) is 9.79. The van der Waals surface area contributed by atoms with E-state index in [0.717, 1.165) is 12.1 Å². The highest BCUT2D eigenvalue weighted by Gasteiger charge is 2.12. The van der Waals surface area contributed by atoms with Crippen molar-refractivity contribution in [2.45, 2.75) is 19.9 Å². The van der Waals surface area contributed by atoms with Crippen LogP contribution in [-0.2, 0) is 20.0 Å². The first kappa shape index (κ1) is 11.4. The highest BCUT2D eigenvalue weighted by molar-refractivity contribution is 5.88. The average Bonchev–Trinajstić information content (AvgIpc) is 2.82. The van der Waals surface area contributed by atoms with Crippen LogP contribution in [0.2, 0.25) is 0 Å². The van der Waals surface area contributed by atoms with Gasteiger partial charge in [-0.15, -0.1) is 0 Å². The van der Waals surface area contributed by atoms with Crippen molar-refractivity contribution in [2.75, 3.05) is 0 Å². The number of hydrogen-bond donors (Lipinski definition) is 1. The van der Waals surface area contributed by atoms with Gasteiger partial charge in [0.15, 0.2) is 0 Å². The maximum absolute atomic E-state index is 10.9. The smallest absolute Gasteiger partial charge is 0.339 e. The van der Waals surface area contributed by atoms with E-state index in [0.29, 0.717) is 12.2 Å². The van der Waals surface area contributed by atoms with Gasteiger partial charge in [-0.1, -0.05) is 0 Å². The Morgan fingerprint density at radius 3 is 2.76 bits per heavy atom. The van der Waals surface area contributed by atoms with Crippen molar-refractivity contribution in [1.82, 2.24) is 19.6 Å². The summed E-state index contributed by atoms with van der Waals surface area (Å²) in [6.07, 6.45) is 3.91. The van der Waals surface area contributed by atoms with Gasteiger partial charge in [-0.05, 0) is 13.0 Å². The summed E-state index contributed by atoms with van der Waals surface area (Å²) in [7, 11) is 1.88. The molecule has 0 aliphatic heterocycles. The molecule has 2 aromatic heterocycles. The number of nitrogens with zero attached hydrogens (tertiary/aromatic N) is 4. The third kappa shape index (κ3) is 2.20. The molecule has 0 aliphatic rings. The van der Waals surface area contributed by atoms with Crippen LogP contribution < -0.4 is 0 Å². The van der Waals surface area contributed by atoms with Gasteiger partial charge >= 0.3 is 5.97 Å². The average molecular weight is 234 g/mol. The van der Waals surface area contributed by atoms with Crippen LogP contribution in [-0.4, -0.2) is 30.6 Å². The Balaban J connectivity index is 2.10. The Morgan fingerprint density at radius 1 is 1.47 bits per heavy atom. The molecule has 6 nitrogen and oxygen atoms in total. The van der Waals surface area contributed by atoms with Crippen LogP contribution in [0.4, 0.5) is 0 Å². The van der Waals surface area contributed by atoms with E-state index in [1.165, 1.54) is 6.20 Å². The van der Waals surface area contributed by atoms with Crippen molar-refractivity contribution in [3.8, 4) is 0 Å². The first-order valence-electron chi connectivity index (χ1n) is 5.32. The Labute approximate surface area is 98.5 Å². The van der Waals surface area contributed by atoms with Gasteiger partial charge in [0.2, 0.25) is 0 Å². The molecule has 0 fully saturated rings. The fourth-order valence-electron chi connectivity index (χ4n) is 1.75. The third-order valence-corrected chi connectivity index (χ3v) is 2.84. The molecule has 0 spiro atoms. The normalized spacial score (nSPS) is 10.7. The van der Waals surface area contributed by atoms with Crippen LogP contribution in [0, 0.1) is 6.92 Å². The summed E-state index contributed by atoms with van der Waals surface area (Å²) >= 11 is 0. The number of carboxylic acids is 1. The number of rotatable bonds is 4. The maximum Gasteiger partial charge on any atom is 0.339 e. The lowest BCUT2D eigenvalue weighted by Crippen LogP contribution is -2.09. The summed E-state index contributed by atoms with van der Waals surface area (Å²) in [6, 6.07) is 1.94. The van der Waals surface area contributed by atoms with Crippen molar-refractivity contribution >= 4 is 5.97 Å². The third-order valence-electron chi connectivity index (χ3n) is 2.84. The summed E-state index contributed by atoms with van der Waals surface area (Å²) in [5, 5.41) is 17.1. The molecule has 0 amide bonds. The van der Waals surface area contributed by atoms with Crippen molar-refractivity contribution in [3.63, 3.8) is 0 Å².